The van der Waals surface area contributed by atoms with Crippen molar-refractivity contribution in [2.45, 2.75) is 58.2 Å². The van der Waals surface area contributed by atoms with E-state index in [2.05, 4.69) is 58.0 Å². The van der Waals surface area contributed by atoms with Gasteiger partial charge in [-0.1, -0.05) is 38.1 Å². The van der Waals surface area contributed by atoms with Gasteiger partial charge in [-0.3, -0.25) is 0 Å². The van der Waals surface area contributed by atoms with Gasteiger partial charge in [0.2, 0.25) is 0 Å². The van der Waals surface area contributed by atoms with Crippen molar-refractivity contribution in [2.75, 3.05) is 13.2 Å². The number of aryl methyl sites for hydroxylation is 2. The van der Waals surface area contributed by atoms with Crippen molar-refractivity contribution in [1.29, 1.82) is 0 Å². The Hall–Kier alpha value is -3.62. The molecule has 2 aromatic carbocycles. The Kier molecular flexibility index (Phi) is 8.31. The van der Waals surface area contributed by atoms with Gasteiger partial charge < -0.3 is 29.7 Å². The van der Waals surface area contributed by atoms with Crippen LogP contribution in [0, 0.1) is 13.8 Å². The summed E-state index contributed by atoms with van der Waals surface area (Å²) in [6.07, 6.45) is 3.17. The predicted molar refractivity (Wildman–Crippen MR) is 142 cm³/mol. The van der Waals surface area contributed by atoms with Gasteiger partial charge in [0.15, 0.2) is 0 Å². The molecule has 0 saturated carbocycles. The highest BCUT2D eigenvalue weighted by atomic mass is 16.5. The molecule has 2 atom stereocenters. The van der Waals surface area contributed by atoms with Crippen LogP contribution in [0.4, 0.5) is 0 Å². The molecular weight excluding hydrogens is 468 g/mol. The third kappa shape index (κ3) is 7.21. The fraction of sp³-hybridized carbons (Fsp3) is 0.379. The number of ether oxygens (including phenoxy) is 2. The average Bonchev–Trinajstić information content (AvgIpc) is 3.48. The molecule has 4 N–H and O–H groups in total. The molecule has 0 aliphatic heterocycles. The summed E-state index contributed by atoms with van der Waals surface area (Å²) in [6, 6.07) is 16.0. The number of rotatable bonds is 12. The molecule has 0 aliphatic carbocycles. The normalized spacial score (nSPS) is 13.4. The third-order valence-electron chi connectivity index (χ3n) is 6.46. The van der Waals surface area contributed by atoms with Crippen LogP contribution in [-0.4, -0.2) is 55.6 Å². The lowest BCUT2D eigenvalue weighted by molar-refractivity contribution is 0.107. The van der Waals surface area contributed by atoms with Crippen LogP contribution in [0.5, 0.6) is 11.5 Å². The fourth-order valence-corrected chi connectivity index (χ4v) is 4.26. The van der Waals surface area contributed by atoms with E-state index in [4.69, 9.17) is 9.47 Å². The molecule has 0 fully saturated rings. The molecule has 2 heterocycles. The molecule has 0 amide bonds. The maximum absolute atomic E-state index is 10.3. The van der Waals surface area contributed by atoms with Crippen molar-refractivity contribution in [1.82, 2.24) is 19.9 Å². The van der Waals surface area contributed by atoms with Crippen LogP contribution in [0.3, 0.4) is 0 Å². The number of imidazole rings is 2. The van der Waals surface area contributed by atoms with Gasteiger partial charge in [0.05, 0.1) is 12.2 Å². The Morgan fingerprint density at radius 3 is 1.41 bits per heavy atom. The first-order valence-electron chi connectivity index (χ1n) is 12.5. The van der Waals surface area contributed by atoms with Crippen LogP contribution < -0.4 is 9.47 Å². The zero-order valence-corrected chi connectivity index (χ0v) is 21.9. The SMILES string of the molecule is Cc1ncc(CC(O)COc2ccc(C(C)(C)c3ccc(OCC(O)Cc4cnc(C)[nH]4)cc3)cc2)[nH]1. The van der Waals surface area contributed by atoms with E-state index in [-0.39, 0.29) is 18.6 Å². The van der Waals surface area contributed by atoms with E-state index in [1.807, 2.05) is 38.1 Å². The summed E-state index contributed by atoms with van der Waals surface area (Å²) in [5.74, 6) is 3.09. The monoisotopic (exact) mass is 504 g/mol. The number of nitrogens with zero attached hydrogens (tertiary/aromatic N) is 2. The number of aliphatic hydroxyl groups excluding tert-OH is 2. The molecule has 4 aromatic rings. The van der Waals surface area contributed by atoms with Crippen LogP contribution in [0.15, 0.2) is 60.9 Å². The topological polar surface area (TPSA) is 116 Å². The van der Waals surface area contributed by atoms with Crippen molar-refractivity contribution in [2.24, 2.45) is 0 Å². The zero-order chi connectivity index (χ0) is 26.4. The number of hydrogen-bond donors (Lipinski definition) is 4. The number of H-pyrrole nitrogens is 2. The molecular formula is C29H36N4O4. The van der Waals surface area contributed by atoms with Crippen molar-refractivity contribution >= 4 is 0 Å². The highest BCUT2D eigenvalue weighted by Gasteiger charge is 2.23. The summed E-state index contributed by atoms with van der Waals surface area (Å²) >= 11 is 0. The van der Waals surface area contributed by atoms with E-state index in [1.165, 1.54) is 0 Å². The lowest BCUT2D eigenvalue weighted by Gasteiger charge is -2.26. The van der Waals surface area contributed by atoms with E-state index >= 15 is 0 Å². The molecule has 196 valence electrons. The first-order valence-corrected chi connectivity index (χ1v) is 12.5. The van der Waals surface area contributed by atoms with Crippen molar-refractivity contribution < 1.29 is 19.7 Å². The Morgan fingerprint density at radius 2 is 1.08 bits per heavy atom. The number of aromatic nitrogens is 4. The molecule has 0 spiro atoms. The van der Waals surface area contributed by atoms with Gasteiger partial charge in [-0.2, -0.15) is 0 Å². The second-order valence-electron chi connectivity index (χ2n) is 10.00. The van der Waals surface area contributed by atoms with E-state index in [1.54, 1.807) is 12.4 Å². The summed E-state index contributed by atoms with van der Waals surface area (Å²) < 4.78 is 11.6. The molecule has 2 unspecified atom stereocenters. The van der Waals surface area contributed by atoms with Gasteiger partial charge in [-0.05, 0) is 49.2 Å². The average molecular weight is 505 g/mol. The minimum Gasteiger partial charge on any atom is -0.491 e. The Morgan fingerprint density at radius 1 is 0.703 bits per heavy atom. The summed E-state index contributed by atoms with van der Waals surface area (Å²) in [4.78, 5) is 14.5. The van der Waals surface area contributed by atoms with Gasteiger partial charge in [-0.25, -0.2) is 9.97 Å². The highest BCUT2D eigenvalue weighted by molar-refractivity contribution is 5.41. The Bertz CT molecular complexity index is 1160. The van der Waals surface area contributed by atoms with Crippen LogP contribution >= 0.6 is 0 Å². The van der Waals surface area contributed by atoms with Crippen LogP contribution in [0.25, 0.3) is 0 Å². The number of aliphatic hydroxyl groups is 2. The summed E-state index contributed by atoms with van der Waals surface area (Å²) in [5, 5.41) is 20.5. The standard InChI is InChI=1S/C29H36N4O4/c1-19-30-15-23(32-19)13-25(34)17-36-27-9-5-21(6-10-27)29(3,4)22-7-11-28(12-8-22)37-18-26(35)14-24-16-31-20(2)33-24/h5-12,15-16,25-26,34-35H,13-14,17-18H2,1-4H3,(H,30,32)(H,31,33). The second kappa shape index (κ2) is 11.6. The first-order chi connectivity index (χ1) is 17.7. The lowest BCUT2D eigenvalue weighted by atomic mass is 9.78. The second-order valence-corrected chi connectivity index (χ2v) is 10.00. The smallest absolute Gasteiger partial charge is 0.119 e. The number of hydrogen-bond acceptors (Lipinski definition) is 6. The fourth-order valence-electron chi connectivity index (χ4n) is 4.26. The van der Waals surface area contributed by atoms with Crippen molar-refractivity contribution in [3.8, 4) is 11.5 Å². The largest absolute Gasteiger partial charge is 0.491 e. The lowest BCUT2D eigenvalue weighted by Crippen LogP contribution is -2.21. The van der Waals surface area contributed by atoms with Gasteiger partial charge in [0, 0.05) is 42.0 Å². The molecule has 8 nitrogen and oxygen atoms in total. The maximum atomic E-state index is 10.3. The van der Waals surface area contributed by atoms with E-state index in [0.29, 0.717) is 24.3 Å². The quantitative estimate of drug-likeness (QED) is 0.231. The van der Waals surface area contributed by atoms with E-state index in [0.717, 1.165) is 34.2 Å². The predicted octanol–water partition coefficient (Wildman–Crippen LogP) is 4.04. The summed E-state index contributed by atoms with van der Waals surface area (Å²) in [7, 11) is 0. The first kappa shape index (κ1) is 26.4. The minimum absolute atomic E-state index is 0.207. The third-order valence-corrected chi connectivity index (χ3v) is 6.46. The molecule has 0 aliphatic rings. The molecule has 8 heteroatoms. The molecule has 4 rings (SSSR count). The van der Waals surface area contributed by atoms with Crippen LogP contribution in [0.1, 0.15) is 48.0 Å². The molecule has 0 radical (unpaired) electrons. The molecule has 0 saturated heterocycles. The van der Waals surface area contributed by atoms with Gasteiger partial charge >= 0.3 is 0 Å². The number of benzene rings is 2. The number of nitrogens with one attached hydrogen (secondary N) is 2. The van der Waals surface area contributed by atoms with E-state index < -0.39 is 12.2 Å². The highest BCUT2D eigenvalue weighted by Crippen LogP contribution is 2.33. The number of aromatic amines is 2. The van der Waals surface area contributed by atoms with Crippen molar-refractivity contribution in [3.05, 3.63) is 95.1 Å². The van der Waals surface area contributed by atoms with Gasteiger partial charge in [-0.15, -0.1) is 0 Å². The van der Waals surface area contributed by atoms with Crippen LogP contribution in [-0.2, 0) is 18.3 Å². The van der Waals surface area contributed by atoms with E-state index in [9.17, 15) is 10.2 Å². The van der Waals surface area contributed by atoms with Crippen LogP contribution in [0.2, 0.25) is 0 Å². The van der Waals surface area contributed by atoms with Gasteiger partial charge in [0.1, 0.15) is 36.4 Å². The maximum Gasteiger partial charge on any atom is 0.119 e. The minimum atomic E-state index is -0.618. The Balaban J connectivity index is 1.28. The molecule has 37 heavy (non-hydrogen) atoms. The summed E-state index contributed by atoms with van der Waals surface area (Å²) in [6.45, 7) is 8.52. The Labute approximate surface area is 217 Å². The van der Waals surface area contributed by atoms with Gasteiger partial charge in [0.25, 0.3) is 0 Å². The summed E-state index contributed by atoms with van der Waals surface area (Å²) in [5.41, 5.74) is 3.84. The van der Waals surface area contributed by atoms with Crippen molar-refractivity contribution in [3.63, 3.8) is 0 Å². The zero-order valence-electron chi connectivity index (χ0n) is 21.9. The molecule has 0 bridgehead atoms. The molecule has 2 aromatic heterocycles.